The van der Waals surface area contributed by atoms with Gasteiger partial charge < -0.3 is 10.2 Å². The Morgan fingerprint density at radius 3 is 2.08 bits per heavy atom. The summed E-state index contributed by atoms with van der Waals surface area (Å²) in [6.45, 7) is 9.84. The van der Waals surface area contributed by atoms with E-state index in [0.29, 0.717) is 18.7 Å². The average molecular weight is 550 g/mol. The molecule has 0 heterocycles. The maximum Gasteiger partial charge on any atom is 0.264 e. The molecule has 0 saturated heterocycles. The van der Waals surface area contributed by atoms with E-state index in [9.17, 15) is 18.0 Å². The molecular formula is C31H39N3O4S. The first-order valence-electron chi connectivity index (χ1n) is 13.3. The van der Waals surface area contributed by atoms with Gasteiger partial charge in [0.15, 0.2) is 0 Å². The van der Waals surface area contributed by atoms with Crippen LogP contribution in [0.2, 0.25) is 0 Å². The smallest absolute Gasteiger partial charge is 0.264 e. The molecule has 0 aliphatic rings. The average Bonchev–Trinajstić information content (AvgIpc) is 2.93. The van der Waals surface area contributed by atoms with Gasteiger partial charge in [0, 0.05) is 13.1 Å². The first kappa shape index (κ1) is 29.9. The van der Waals surface area contributed by atoms with E-state index in [1.807, 2.05) is 71.0 Å². The topological polar surface area (TPSA) is 86.8 Å². The van der Waals surface area contributed by atoms with Crippen LogP contribution in [0.3, 0.4) is 0 Å². The molecular weight excluding hydrogens is 510 g/mol. The molecule has 0 radical (unpaired) electrons. The molecule has 3 aromatic rings. The first-order chi connectivity index (χ1) is 18.6. The number of hydrogen-bond donors (Lipinski definition) is 1. The van der Waals surface area contributed by atoms with Crippen molar-refractivity contribution in [3.8, 4) is 0 Å². The van der Waals surface area contributed by atoms with Crippen LogP contribution >= 0.6 is 0 Å². The zero-order valence-corrected chi connectivity index (χ0v) is 24.2. The molecule has 0 bridgehead atoms. The Morgan fingerprint density at radius 2 is 1.49 bits per heavy atom. The summed E-state index contributed by atoms with van der Waals surface area (Å²) < 4.78 is 29.0. The zero-order chi connectivity index (χ0) is 28.6. The van der Waals surface area contributed by atoms with E-state index in [-0.39, 0.29) is 23.3 Å². The van der Waals surface area contributed by atoms with Gasteiger partial charge in [0.1, 0.15) is 12.6 Å². The largest absolute Gasteiger partial charge is 0.354 e. The van der Waals surface area contributed by atoms with E-state index in [1.165, 1.54) is 21.3 Å². The van der Waals surface area contributed by atoms with Crippen LogP contribution in [0, 0.1) is 19.8 Å². The van der Waals surface area contributed by atoms with Crippen LogP contribution in [0.1, 0.15) is 43.9 Å². The van der Waals surface area contributed by atoms with E-state index < -0.39 is 28.5 Å². The van der Waals surface area contributed by atoms with Crippen LogP contribution < -0.4 is 9.62 Å². The molecule has 3 aromatic carbocycles. The Bertz CT molecular complexity index is 1360. The number of nitrogens with zero attached hydrogens (tertiary/aromatic N) is 2. The molecule has 0 aliphatic heterocycles. The van der Waals surface area contributed by atoms with E-state index >= 15 is 0 Å². The Morgan fingerprint density at radius 1 is 0.872 bits per heavy atom. The molecule has 8 heteroatoms. The number of sulfonamides is 1. The molecule has 1 N–H and O–H groups in total. The molecule has 0 spiro atoms. The molecule has 0 saturated carbocycles. The number of rotatable bonds is 12. The van der Waals surface area contributed by atoms with Crippen LogP contribution in [0.25, 0.3) is 0 Å². The molecule has 7 nitrogen and oxygen atoms in total. The fourth-order valence-electron chi connectivity index (χ4n) is 4.36. The summed E-state index contributed by atoms with van der Waals surface area (Å²) in [5.74, 6) is -0.453. The molecule has 0 aromatic heterocycles. The minimum atomic E-state index is -4.08. The van der Waals surface area contributed by atoms with Gasteiger partial charge in [-0.1, -0.05) is 81.4 Å². The number of benzene rings is 3. The lowest BCUT2D eigenvalue weighted by atomic mass is 10.1. The normalized spacial score (nSPS) is 12.2. The number of hydrogen-bond acceptors (Lipinski definition) is 4. The molecule has 1 atom stereocenters. The quantitative estimate of drug-likeness (QED) is 0.341. The van der Waals surface area contributed by atoms with Crippen molar-refractivity contribution >= 4 is 27.5 Å². The molecule has 0 unspecified atom stereocenters. The van der Waals surface area contributed by atoms with E-state index in [2.05, 4.69) is 5.32 Å². The minimum absolute atomic E-state index is 0.0926. The molecule has 39 heavy (non-hydrogen) atoms. The fourth-order valence-corrected chi connectivity index (χ4v) is 5.85. The second kappa shape index (κ2) is 13.4. The highest BCUT2D eigenvalue weighted by atomic mass is 32.2. The predicted octanol–water partition coefficient (Wildman–Crippen LogP) is 5.08. The lowest BCUT2D eigenvalue weighted by molar-refractivity contribution is -0.140. The molecule has 3 rings (SSSR count). The third kappa shape index (κ3) is 7.47. The van der Waals surface area contributed by atoms with Gasteiger partial charge in [-0.3, -0.25) is 13.9 Å². The van der Waals surface area contributed by atoms with Gasteiger partial charge in [-0.2, -0.15) is 0 Å². The molecule has 2 amide bonds. The number of anilines is 1. The Balaban J connectivity index is 2.06. The highest BCUT2D eigenvalue weighted by molar-refractivity contribution is 7.92. The van der Waals surface area contributed by atoms with Crippen molar-refractivity contribution in [1.29, 1.82) is 0 Å². The minimum Gasteiger partial charge on any atom is -0.354 e. The van der Waals surface area contributed by atoms with Crippen LogP contribution in [0.15, 0.2) is 83.8 Å². The van der Waals surface area contributed by atoms with Crippen LogP contribution in [0.4, 0.5) is 5.69 Å². The lowest BCUT2D eigenvalue weighted by Crippen LogP contribution is -2.52. The van der Waals surface area contributed by atoms with Gasteiger partial charge in [0.2, 0.25) is 11.8 Å². The number of amides is 2. The van der Waals surface area contributed by atoms with Crippen LogP contribution in [-0.2, 0) is 26.2 Å². The Kier molecular flexibility index (Phi) is 10.3. The first-order valence-corrected chi connectivity index (χ1v) is 14.7. The summed E-state index contributed by atoms with van der Waals surface area (Å²) in [6.07, 6.45) is 0.386. The third-order valence-electron chi connectivity index (χ3n) is 6.72. The Hall–Kier alpha value is -3.65. The highest BCUT2D eigenvalue weighted by Gasteiger charge is 2.34. The second-order valence-electron chi connectivity index (χ2n) is 10.1. The van der Waals surface area contributed by atoms with Crippen LogP contribution in [0.5, 0.6) is 0 Å². The van der Waals surface area contributed by atoms with Crippen molar-refractivity contribution in [2.45, 2.75) is 58.5 Å². The fraction of sp³-hybridized carbons (Fsp3) is 0.355. The monoisotopic (exact) mass is 549 g/mol. The summed E-state index contributed by atoms with van der Waals surface area (Å²) in [6, 6.07) is 22.2. The predicted molar refractivity (Wildman–Crippen MR) is 156 cm³/mol. The third-order valence-corrected chi connectivity index (χ3v) is 8.49. The van der Waals surface area contributed by atoms with E-state index in [0.717, 1.165) is 16.7 Å². The number of nitrogens with one attached hydrogen (secondary N) is 1. The van der Waals surface area contributed by atoms with Gasteiger partial charge in [-0.15, -0.1) is 0 Å². The van der Waals surface area contributed by atoms with Crippen molar-refractivity contribution in [2.75, 3.05) is 17.4 Å². The molecule has 0 fully saturated rings. The summed E-state index contributed by atoms with van der Waals surface area (Å²) in [5.41, 5.74) is 2.96. The summed E-state index contributed by atoms with van der Waals surface area (Å²) in [5, 5.41) is 2.95. The highest BCUT2D eigenvalue weighted by Crippen LogP contribution is 2.29. The van der Waals surface area contributed by atoms with Gasteiger partial charge in [-0.05, 0) is 61.1 Å². The van der Waals surface area contributed by atoms with Crippen molar-refractivity contribution in [3.63, 3.8) is 0 Å². The maximum absolute atomic E-state index is 14.1. The van der Waals surface area contributed by atoms with Gasteiger partial charge in [0.25, 0.3) is 10.0 Å². The molecule has 0 aliphatic carbocycles. The van der Waals surface area contributed by atoms with Gasteiger partial charge in [-0.25, -0.2) is 8.42 Å². The SMILES string of the molecule is CC[C@@H](C(=O)NCC(C)C)N(Cc1ccccc1)C(=O)CN(c1cccc(C)c1C)S(=O)(=O)c1ccccc1. The van der Waals surface area contributed by atoms with Crippen molar-refractivity contribution < 1.29 is 18.0 Å². The standard InChI is InChI=1S/C31H39N3O4S/c1-6-28(31(36)32-20-23(2)3)33(21-26-15-9-7-10-16-26)30(35)22-34(29-19-13-14-24(4)25(29)5)39(37,38)27-17-11-8-12-18-27/h7-19,23,28H,6,20-22H2,1-5H3,(H,32,36)/t28-/m0/s1. The zero-order valence-electron chi connectivity index (χ0n) is 23.4. The second-order valence-corrected chi connectivity index (χ2v) is 12.0. The molecule has 208 valence electrons. The summed E-state index contributed by atoms with van der Waals surface area (Å²) in [7, 11) is -4.08. The van der Waals surface area contributed by atoms with Gasteiger partial charge in [0.05, 0.1) is 10.6 Å². The number of aryl methyl sites for hydroxylation is 1. The van der Waals surface area contributed by atoms with Crippen LogP contribution in [-0.4, -0.2) is 44.3 Å². The van der Waals surface area contributed by atoms with Crippen molar-refractivity contribution in [1.82, 2.24) is 10.2 Å². The number of carbonyl (C=O) groups excluding carboxylic acids is 2. The summed E-state index contributed by atoms with van der Waals surface area (Å²) >= 11 is 0. The van der Waals surface area contributed by atoms with Gasteiger partial charge >= 0.3 is 0 Å². The van der Waals surface area contributed by atoms with Crippen molar-refractivity contribution in [3.05, 3.63) is 95.6 Å². The lowest BCUT2D eigenvalue weighted by Gasteiger charge is -2.33. The summed E-state index contributed by atoms with van der Waals surface area (Å²) in [4.78, 5) is 28.9. The number of carbonyl (C=O) groups is 2. The van der Waals surface area contributed by atoms with E-state index in [4.69, 9.17) is 0 Å². The van der Waals surface area contributed by atoms with Crippen molar-refractivity contribution in [2.24, 2.45) is 5.92 Å². The Labute approximate surface area is 232 Å². The van der Waals surface area contributed by atoms with E-state index in [1.54, 1.807) is 30.3 Å². The maximum atomic E-state index is 14.1.